The molecule has 5 heteroatoms. The van der Waals surface area contributed by atoms with Crippen molar-refractivity contribution in [2.24, 2.45) is 0 Å². The second-order valence-corrected chi connectivity index (χ2v) is 7.20. The molecule has 0 spiro atoms. The van der Waals surface area contributed by atoms with Gasteiger partial charge >= 0.3 is 0 Å². The van der Waals surface area contributed by atoms with Crippen molar-refractivity contribution in [2.45, 2.75) is 103 Å². The molecule has 21 heavy (non-hydrogen) atoms. The molecule has 5 nitrogen and oxygen atoms in total. The summed E-state index contributed by atoms with van der Waals surface area (Å²) in [6.07, 6.45) is 3.77. The second-order valence-electron chi connectivity index (χ2n) is 7.20. The fourth-order valence-electron chi connectivity index (χ4n) is 3.52. The van der Waals surface area contributed by atoms with Crippen molar-refractivity contribution < 1.29 is 23.7 Å². The van der Waals surface area contributed by atoms with Crippen LogP contribution in [0.3, 0.4) is 0 Å². The van der Waals surface area contributed by atoms with Crippen molar-refractivity contribution in [2.75, 3.05) is 0 Å². The van der Waals surface area contributed by atoms with Crippen molar-refractivity contribution in [1.29, 1.82) is 0 Å². The quantitative estimate of drug-likeness (QED) is 0.747. The molecule has 0 amide bonds. The third-order valence-corrected chi connectivity index (χ3v) is 4.34. The molecule has 0 aromatic carbocycles. The topological polar surface area (TPSA) is 46.2 Å². The number of rotatable bonds is 4. The number of fused-ring (bicyclic) bond motifs is 3. The Hall–Kier alpha value is -0.200. The van der Waals surface area contributed by atoms with E-state index in [0.29, 0.717) is 0 Å². The molecule has 3 rings (SSSR count). The standard InChI is InChI=1S/C16H28O5/c1-6-7-8-9-10-11-12(19-15(2,3)18-11)13-14(17-10)21-16(4,5)20-13/h10-14H,6-9H2,1-5H3/t10-,11+,12+,13-,14-/m0/s1. The Morgan fingerprint density at radius 1 is 0.762 bits per heavy atom. The lowest BCUT2D eigenvalue weighted by Crippen LogP contribution is -2.54. The summed E-state index contributed by atoms with van der Waals surface area (Å²) in [4.78, 5) is 0. The highest BCUT2D eigenvalue weighted by molar-refractivity contribution is 4.99. The number of hydrogen-bond donors (Lipinski definition) is 0. The molecule has 0 saturated carbocycles. The van der Waals surface area contributed by atoms with Crippen LogP contribution in [0.25, 0.3) is 0 Å². The lowest BCUT2D eigenvalue weighted by molar-refractivity contribution is -0.235. The average Bonchev–Trinajstić information content (AvgIpc) is 2.84. The predicted octanol–water partition coefficient (Wildman–Crippen LogP) is 2.96. The van der Waals surface area contributed by atoms with Crippen LogP contribution in [0.1, 0.15) is 60.3 Å². The summed E-state index contributed by atoms with van der Waals surface area (Å²) in [5, 5.41) is 0. The van der Waals surface area contributed by atoms with Crippen LogP contribution in [0.2, 0.25) is 0 Å². The molecule has 122 valence electrons. The highest BCUT2D eigenvalue weighted by atomic mass is 16.9. The van der Waals surface area contributed by atoms with Crippen LogP contribution in [-0.4, -0.2) is 42.3 Å². The van der Waals surface area contributed by atoms with Crippen LogP contribution < -0.4 is 0 Å². The van der Waals surface area contributed by atoms with E-state index in [0.717, 1.165) is 12.8 Å². The zero-order chi connectivity index (χ0) is 15.3. The van der Waals surface area contributed by atoms with E-state index in [1.165, 1.54) is 12.8 Å². The molecule has 0 aromatic heterocycles. The number of hydrogen-bond acceptors (Lipinski definition) is 5. The summed E-state index contributed by atoms with van der Waals surface area (Å²) >= 11 is 0. The van der Waals surface area contributed by atoms with Gasteiger partial charge in [-0.05, 0) is 34.1 Å². The van der Waals surface area contributed by atoms with E-state index in [-0.39, 0.29) is 30.7 Å². The first-order chi connectivity index (χ1) is 9.81. The van der Waals surface area contributed by atoms with Gasteiger partial charge in [-0.3, -0.25) is 0 Å². The van der Waals surface area contributed by atoms with E-state index in [1.807, 2.05) is 27.7 Å². The van der Waals surface area contributed by atoms with Crippen molar-refractivity contribution >= 4 is 0 Å². The first-order valence-corrected chi connectivity index (χ1v) is 8.18. The molecule has 3 aliphatic heterocycles. The van der Waals surface area contributed by atoms with Gasteiger partial charge in [0, 0.05) is 0 Å². The van der Waals surface area contributed by atoms with Crippen molar-refractivity contribution in [3.05, 3.63) is 0 Å². The molecular weight excluding hydrogens is 272 g/mol. The Morgan fingerprint density at radius 2 is 1.38 bits per heavy atom. The van der Waals surface area contributed by atoms with Gasteiger partial charge in [-0.2, -0.15) is 0 Å². The summed E-state index contributed by atoms with van der Waals surface area (Å²) in [6.45, 7) is 9.93. The molecular formula is C16H28O5. The van der Waals surface area contributed by atoms with Gasteiger partial charge in [0.25, 0.3) is 0 Å². The minimum Gasteiger partial charge on any atom is -0.344 e. The van der Waals surface area contributed by atoms with E-state index in [2.05, 4.69) is 6.92 Å². The van der Waals surface area contributed by atoms with Gasteiger partial charge in [-0.15, -0.1) is 0 Å². The first-order valence-electron chi connectivity index (χ1n) is 8.18. The molecule has 3 aliphatic rings. The SMILES string of the molecule is CCCCC[C@@H]1O[C@H]2OC(C)(C)O[C@H]2[C@@H]2OC(C)(C)O[C@@H]21. The van der Waals surface area contributed by atoms with Crippen molar-refractivity contribution in [1.82, 2.24) is 0 Å². The van der Waals surface area contributed by atoms with Gasteiger partial charge in [0.1, 0.15) is 18.3 Å². The predicted molar refractivity (Wildman–Crippen MR) is 76.7 cm³/mol. The fraction of sp³-hybridized carbons (Fsp3) is 1.00. The van der Waals surface area contributed by atoms with Gasteiger partial charge in [0.15, 0.2) is 17.9 Å². The molecule has 0 aliphatic carbocycles. The minimum atomic E-state index is -0.631. The van der Waals surface area contributed by atoms with E-state index >= 15 is 0 Å². The van der Waals surface area contributed by atoms with Crippen LogP contribution >= 0.6 is 0 Å². The smallest absolute Gasteiger partial charge is 0.190 e. The first kappa shape index (κ1) is 15.7. The largest absolute Gasteiger partial charge is 0.344 e. The Labute approximate surface area is 127 Å². The molecule has 3 saturated heterocycles. The van der Waals surface area contributed by atoms with Gasteiger partial charge in [0.05, 0.1) is 6.10 Å². The van der Waals surface area contributed by atoms with Crippen LogP contribution in [-0.2, 0) is 23.7 Å². The highest BCUT2D eigenvalue weighted by Gasteiger charge is 2.60. The summed E-state index contributed by atoms with van der Waals surface area (Å²) < 4.78 is 30.2. The van der Waals surface area contributed by atoms with Gasteiger partial charge in [-0.1, -0.05) is 26.2 Å². The number of ether oxygens (including phenoxy) is 5. The minimum absolute atomic E-state index is 0.0158. The zero-order valence-corrected chi connectivity index (χ0v) is 13.8. The lowest BCUT2D eigenvalue weighted by Gasteiger charge is -2.37. The third kappa shape index (κ3) is 3.13. The normalized spacial score (nSPS) is 43.6. The van der Waals surface area contributed by atoms with Crippen LogP contribution in [0.15, 0.2) is 0 Å². The second kappa shape index (κ2) is 5.46. The summed E-state index contributed by atoms with van der Waals surface area (Å²) in [5.74, 6) is -1.22. The lowest BCUT2D eigenvalue weighted by atomic mass is 9.95. The van der Waals surface area contributed by atoms with E-state index < -0.39 is 11.6 Å². The summed E-state index contributed by atoms with van der Waals surface area (Å²) in [6, 6.07) is 0. The maximum absolute atomic E-state index is 6.15. The average molecular weight is 300 g/mol. The molecule has 5 atom stereocenters. The van der Waals surface area contributed by atoms with Crippen LogP contribution in [0, 0.1) is 0 Å². The molecule has 0 bridgehead atoms. The summed E-state index contributed by atoms with van der Waals surface area (Å²) in [7, 11) is 0. The Kier molecular flexibility index (Phi) is 4.08. The van der Waals surface area contributed by atoms with Crippen molar-refractivity contribution in [3.8, 4) is 0 Å². The molecule has 3 heterocycles. The third-order valence-electron chi connectivity index (χ3n) is 4.34. The van der Waals surface area contributed by atoms with E-state index in [4.69, 9.17) is 23.7 Å². The van der Waals surface area contributed by atoms with Gasteiger partial charge < -0.3 is 23.7 Å². The Bertz CT molecular complexity index is 381. The molecule has 0 unspecified atom stereocenters. The van der Waals surface area contributed by atoms with E-state index in [9.17, 15) is 0 Å². The summed E-state index contributed by atoms with van der Waals surface area (Å²) in [5.41, 5.74) is 0. The monoisotopic (exact) mass is 300 g/mol. The molecule has 0 N–H and O–H groups in total. The molecule has 0 aromatic rings. The highest BCUT2D eigenvalue weighted by Crippen LogP contribution is 2.44. The van der Waals surface area contributed by atoms with Gasteiger partial charge in [-0.25, -0.2) is 0 Å². The zero-order valence-electron chi connectivity index (χ0n) is 13.8. The maximum Gasteiger partial charge on any atom is 0.190 e. The van der Waals surface area contributed by atoms with Crippen LogP contribution in [0.5, 0.6) is 0 Å². The Balaban J connectivity index is 1.75. The van der Waals surface area contributed by atoms with Gasteiger partial charge in [0.2, 0.25) is 0 Å². The van der Waals surface area contributed by atoms with Crippen molar-refractivity contribution in [3.63, 3.8) is 0 Å². The fourth-order valence-corrected chi connectivity index (χ4v) is 3.52. The van der Waals surface area contributed by atoms with Crippen LogP contribution in [0.4, 0.5) is 0 Å². The number of unbranched alkanes of at least 4 members (excludes halogenated alkanes) is 2. The van der Waals surface area contributed by atoms with E-state index in [1.54, 1.807) is 0 Å². The molecule has 3 fully saturated rings. The molecule has 0 radical (unpaired) electrons. The maximum atomic E-state index is 6.15. The Morgan fingerprint density at radius 3 is 2.10 bits per heavy atom.